The molecule has 11 rings (SSSR count). The van der Waals surface area contributed by atoms with E-state index in [1.807, 2.05) is 6.07 Å². The monoisotopic (exact) mass is 2100 g/mol. The molecule has 4 aliphatic rings. The van der Waals surface area contributed by atoms with Gasteiger partial charge in [-0.25, -0.2) is 4.99 Å². The molecule has 0 spiro atoms. The molecule has 12 heteroatoms. The maximum absolute atomic E-state index is 14.7. The number of benzene rings is 6. The van der Waals surface area contributed by atoms with E-state index in [0.717, 1.165) is 51.3 Å². The zero-order valence-corrected chi connectivity index (χ0v) is 94.4. The molecule has 0 saturated carbocycles. The van der Waals surface area contributed by atoms with Gasteiger partial charge in [-0.05, 0) is 199 Å². The fourth-order valence-corrected chi connectivity index (χ4v) is 24.8. The van der Waals surface area contributed by atoms with E-state index in [0.29, 0.717) is 22.5 Å². The van der Waals surface area contributed by atoms with Crippen LogP contribution in [0.3, 0.4) is 0 Å². The van der Waals surface area contributed by atoms with Gasteiger partial charge in [0.25, 0.3) is 5.91 Å². The number of esters is 2. The number of carbonyl (C=O) groups is 3. The topological polar surface area (TPSA) is 142 Å². The normalized spacial score (nSPS) is 13.6. The highest BCUT2D eigenvalue weighted by Crippen LogP contribution is 2.60. The van der Waals surface area contributed by atoms with E-state index in [2.05, 4.69) is 204 Å². The van der Waals surface area contributed by atoms with Gasteiger partial charge in [0.1, 0.15) is 0 Å². The minimum Gasteiger partial charge on any atom is -0.494 e. The Balaban J connectivity index is 0.000000332. The Morgan fingerprint density at radius 1 is 0.321 bits per heavy atom. The predicted octanol–water partition coefficient (Wildman–Crippen LogP) is 41.6. The second-order valence-electron chi connectivity index (χ2n) is 43.2. The Hall–Kier alpha value is -6.39. The lowest BCUT2D eigenvalue weighted by Crippen LogP contribution is -2.26. The molecule has 0 radical (unpaired) electrons. The van der Waals surface area contributed by atoms with Gasteiger partial charge in [0.15, 0.2) is 5.88 Å². The van der Waals surface area contributed by atoms with Crippen LogP contribution < -0.4 is 0 Å². The van der Waals surface area contributed by atoms with Gasteiger partial charge in [-0.15, -0.1) is 0 Å². The van der Waals surface area contributed by atoms with E-state index < -0.39 is 0 Å². The highest BCUT2D eigenvalue weighted by molar-refractivity contribution is 9.11. The number of aromatic amines is 1. The van der Waals surface area contributed by atoms with Gasteiger partial charge < -0.3 is 19.6 Å². The lowest BCUT2D eigenvalue weighted by atomic mass is 9.70. The van der Waals surface area contributed by atoms with Gasteiger partial charge in [0, 0.05) is 35.2 Å². The van der Waals surface area contributed by atoms with Crippen molar-refractivity contribution < 1.29 is 29.0 Å². The second kappa shape index (κ2) is 66.0. The van der Waals surface area contributed by atoms with Crippen LogP contribution in [0.25, 0.3) is 44.6 Å². The highest BCUT2D eigenvalue weighted by Gasteiger charge is 2.47. The summed E-state index contributed by atoms with van der Waals surface area (Å²) in [6, 6.07) is 43.6. The summed E-state index contributed by atoms with van der Waals surface area (Å²) < 4.78 is 13.2. The summed E-state index contributed by atoms with van der Waals surface area (Å²) in [6.45, 7) is 20.9. The number of H-pyrrole nitrogens is 1. The van der Waals surface area contributed by atoms with Crippen LogP contribution in [-0.2, 0) is 35.3 Å². The molecule has 140 heavy (non-hydrogen) atoms. The molecule has 772 valence electrons. The molecule has 0 saturated heterocycles. The fraction of sp³-hybridized carbons (Fsp3) is 0.648. The van der Waals surface area contributed by atoms with Crippen molar-refractivity contribution in [1.29, 1.82) is 5.26 Å². The van der Waals surface area contributed by atoms with Gasteiger partial charge in [0.2, 0.25) is 0 Å². The van der Waals surface area contributed by atoms with Gasteiger partial charge in [-0.2, -0.15) is 5.26 Å². The van der Waals surface area contributed by atoms with E-state index in [1.165, 1.54) is 469 Å². The minimum atomic E-state index is -0.360. The maximum Gasteiger partial charge on any atom is 0.306 e. The molecule has 1 aromatic heterocycles. The molecule has 0 atom stereocenters. The first-order chi connectivity index (χ1) is 68.3. The summed E-state index contributed by atoms with van der Waals surface area (Å²) in [6.07, 6.45) is 87.1. The Bertz CT molecular complexity index is 4750. The molecule has 2 heterocycles. The first-order valence-corrected chi connectivity index (χ1v) is 60.4. The molecule has 0 unspecified atom stereocenters. The van der Waals surface area contributed by atoms with Gasteiger partial charge in [-0.1, -0.05) is 523 Å². The number of fused-ring (bicyclic) bond motifs is 10. The number of amides is 1. The molecule has 9 nitrogen and oxygen atoms in total. The largest absolute Gasteiger partial charge is 0.494 e. The average Bonchev–Trinajstić information content (AvgIpc) is 1.54. The van der Waals surface area contributed by atoms with Gasteiger partial charge in [-0.3, -0.25) is 14.4 Å². The van der Waals surface area contributed by atoms with Crippen molar-refractivity contribution in [3.05, 3.63) is 178 Å². The lowest BCUT2D eigenvalue weighted by Gasteiger charge is -2.33. The second-order valence-corrected chi connectivity index (χ2v) is 46.0. The Kier molecular flexibility index (Phi) is 55.2. The number of aromatic hydroxyl groups is 1. The zero-order chi connectivity index (χ0) is 100. The molecular weight excluding hydrogens is 1920 g/mol. The Morgan fingerprint density at radius 2 is 0.550 bits per heavy atom. The van der Waals surface area contributed by atoms with Crippen LogP contribution in [-0.4, -0.2) is 45.9 Å². The first-order valence-electron chi connectivity index (χ1n) is 58.0. The van der Waals surface area contributed by atoms with Crippen LogP contribution in [0.5, 0.6) is 5.88 Å². The molecule has 6 aromatic carbocycles. The SMILES string of the molecule is CC(C)OC(=O)CCC(=O)OC(C)C.CCCCCCCCCCCCC1(CCCCCCCCCCCC)c2cc(Br)ccc2-c2ccc(C#N)cc21.CCCCCCCCCCCCC1(CCCCCCCCCCCC)c2cc(Br)ccc2-c2ccc(C3=NC(=O)c4c(-c5ccc6c(c5)C(CCCCCCCCCCCC)(CCCCCCCCCCCC)c5cc(Br)ccc5-6)[nH]c(O)c43)cc21. The average molecular weight is 2100 g/mol. The highest BCUT2D eigenvalue weighted by atomic mass is 79.9. The minimum absolute atomic E-state index is 0.0315. The number of unbranched alkanes of at least 4 members (excludes halogenated alkanes) is 54. The standard InChI is InChI=1S/C80H114Br2N2O2.C38H56BrN.C10H18O4/c1-5-9-13-17-21-25-29-33-37-41-53-79(54-42-38-34-30-26-22-18-14-10-6-2)69-57-61(45-49-65(69)67-51-47-63(81)59-71(67)79)75-73-74(78(86)83-75)76(84-77(73)85)62-46-50-66-68-52-48-64(82)60-72(68)80(70(66)58-62,55-43-39-35-31-27-23-19-15-11-7-3)56-44-40-36-32-28-24-20-16-12-8-4;1-3-5-7-9-11-13-15-17-19-21-27-38(28-22-20-18-16-14-12-10-8-6-4-2)36-29-32(31-40)23-25-34(36)35-26-24-33(39)30-37(35)38;1-7(2)13-9(11)5-6-10(12)14-8(3)4/h45-52,57-60,83,86H,5-44,53-56H2,1-4H3;23-26,29-30H,3-22,27-28H2,1-2H3;7-8H,5-6H2,1-4H3. The van der Waals surface area contributed by atoms with Crippen molar-refractivity contribution in [3.8, 4) is 56.6 Å². The van der Waals surface area contributed by atoms with Crippen molar-refractivity contribution in [2.24, 2.45) is 4.99 Å². The van der Waals surface area contributed by atoms with Gasteiger partial charge in [0.05, 0.1) is 59.2 Å². The molecule has 3 aliphatic carbocycles. The van der Waals surface area contributed by atoms with E-state index in [9.17, 15) is 24.8 Å². The molecule has 0 bridgehead atoms. The number of aliphatic imine (C=N–C) groups is 1. The van der Waals surface area contributed by atoms with E-state index >= 15 is 0 Å². The zero-order valence-electron chi connectivity index (χ0n) is 89.6. The third kappa shape index (κ3) is 36.3. The number of nitriles is 1. The Labute approximate surface area is 877 Å². The number of carbonyl (C=O) groups excluding carboxylic acids is 3. The Morgan fingerprint density at radius 3 is 0.814 bits per heavy atom. The summed E-state index contributed by atoms with van der Waals surface area (Å²) >= 11 is 11.7. The van der Waals surface area contributed by atoms with Crippen LogP contribution in [0, 0.1) is 11.3 Å². The predicted molar refractivity (Wildman–Crippen MR) is 608 cm³/mol. The number of nitrogens with one attached hydrogen (secondary N) is 1. The van der Waals surface area contributed by atoms with Crippen molar-refractivity contribution in [2.75, 3.05) is 0 Å². The number of hydrogen-bond donors (Lipinski definition) is 2. The third-order valence-electron chi connectivity index (χ3n) is 31.3. The summed E-state index contributed by atoms with van der Waals surface area (Å²) in [5, 5.41) is 22.0. The van der Waals surface area contributed by atoms with Crippen LogP contribution in [0.15, 0.2) is 128 Å². The van der Waals surface area contributed by atoms with Crippen LogP contribution in [0.4, 0.5) is 0 Å². The summed E-state index contributed by atoms with van der Waals surface area (Å²) in [4.78, 5) is 45.1. The van der Waals surface area contributed by atoms with E-state index in [-0.39, 0.29) is 65.0 Å². The fourth-order valence-electron chi connectivity index (χ4n) is 23.7. The van der Waals surface area contributed by atoms with E-state index in [4.69, 9.17) is 14.5 Å². The summed E-state index contributed by atoms with van der Waals surface area (Å²) in [5.74, 6) is -0.962. The number of rotatable bonds is 73. The van der Waals surface area contributed by atoms with Crippen molar-refractivity contribution >= 4 is 71.3 Å². The summed E-state index contributed by atoms with van der Waals surface area (Å²) in [7, 11) is 0. The molecule has 7 aromatic rings. The molecule has 2 N–H and O–H groups in total. The number of ether oxygens (including phenoxy) is 2. The maximum atomic E-state index is 14.7. The summed E-state index contributed by atoms with van der Waals surface area (Å²) in [5.41, 5.74) is 21.4. The molecule has 1 amide bonds. The lowest BCUT2D eigenvalue weighted by molar-refractivity contribution is -0.154. The van der Waals surface area contributed by atoms with Gasteiger partial charge >= 0.3 is 11.9 Å². The number of aromatic nitrogens is 1. The van der Waals surface area contributed by atoms with Crippen molar-refractivity contribution in [1.82, 2.24) is 4.98 Å². The number of nitrogens with zero attached hydrogens (tertiary/aromatic N) is 2. The quantitative estimate of drug-likeness (QED) is 0.0286. The van der Waals surface area contributed by atoms with E-state index in [1.54, 1.807) is 27.7 Å². The van der Waals surface area contributed by atoms with Crippen LogP contribution in [0.2, 0.25) is 0 Å². The molecule has 1 aliphatic heterocycles. The van der Waals surface area contributed by atoms with Crippen molar-refractivity contribution in [3.63, 3.8) is 0 Å². The van der Waals surface area contributed by atoms with Crippen LogP contribution >= 0.6 is 47.8 Å². The molecule has 0 fully saturated rings. The first kappa shape index (κ1) is 117. The smallest absolute Gasteiger partial charge is 0.306 e. The molecular formula is C128H188Br3N3O6. The number of hydrogen-bond acceptors (Lipinski definition) is 7. The van der Waals surface area contributed by atoms with Crippen LogP contribution in [0.1, 0.15) is 566 Å². The third-order valence-corrected chi connectivity index (χ3v) is 32.8. The van der Waals surface area contributed by atoms with Crippen molar-refractivity contribution in [2.45, 2.75) is 534 Å². The number of halogens is 3.